The lowest BCUT2D eigenvalue weighted by Gasteiger charge is -2.33. The molecule has 0 aromatic heterocycles. The molecule has 4 nitrogen and oxygen atoms in total. The highest BCUT2D eigenvalue weighted by Crippen LogP contribution is 2.23. The second-order valence-corrected chi connectivity index (χ2v) is 5.73. The van der Waals surface area contributed by atoms with Crippen LogP contribution in [0.4, 0.5) is 0 Å². The molecule has 1 aromatic rings. The maximum Gasteiger partial charge on any atom is 0.459 e. The highest BCUT2D eigenvalue weighted by Gasteiger charge is 2.33. The van der Waals surface area contributed by atoms with Gasteiger partial charge in [0.25, 0.3) is 0 Å². The predicted octanol–water partition coefficient (Wildman–Crippen LogP) is 1.99. The molecule has 0 amide bonds. The van der Waals surface area contributed by atoms with Gasteiger partial charge in [0, 0.05) is 24.9 Å². The van der Waals surface area contributed by atoms with E-state index in [1.165, 1.54) is 0 Å². The minimum Gasteiger partial charge on any atom is -0.491 e. The van der Waals surface area contributed by atoms with E-state index in [0.29, 0.717) is 19.5 Å². The lowest BCUT2D eigenvalue weighted by Crippen LogP contribution is -2.42. The van der Waals surface area contributed by atoms with E-state index in [4.69, 9.17) is 14.0 Å². The monoisotopic (exact) mass is 264 g/mol. The number of hydrogen-bond donors (Lipinski definition) is 1. The van der Waals surface area contributed by atoms with Gasteiger partial charge in [0.15, 0.2) is 0 Å². The van der Waals surface area contributed by atoms with E-state index >= 15 is 0 Å². The number of rotatable bonds is 5. The van der Waals surface area contributed by atoms with Crippen LogP contribution in [0.25, 0.3) is 0 Å². The standard InChI is InChI=1S/C14H21BO4/c1-14(2)10-18-15(19-11-14)8-12(16)9-17-13-6-4-3-5-7-13/h3-7,12,16H,8-11H2,1-2H3. The Hall–Kier alpha value is -1.04. The maximum absolute atomic E-state index is 9.91. The van der Waals surface area contributed by atoms with Crippen LogP contribution >= 0.6 is 0 Å². The van der Waals surface area contributed by atoms with Gasteiger partial charge in [0.1, 0.15) is 12.4 Å². The van der Waals surface area contributed by atoms with Gasteiger partial charge in [-0.05, 0) is 12.1 Å². The van der Waals surface area contributed by atoms with Gasteiger partial charge in [0.05, 0.1) is 6.10 Å². The highest BCUT2D eigenvalue weighted by atomic mass is 16.6. The third-order valence-electron chi connectivity index (χ3n) is 2.97. The first-order valence-electron chi connectivity index (χ1n) is 6.64. The quantitative estimate of drug-likeness (QED) is 0.826. The van der Waals surface area contributed by atoms with Crippen molar-refractivity contribution in [3.8, 4) is 5.75 Å². The molecule has 1 aromatic carbocycles. The Morgan fingerprint density at radius 3 is 2.53 bits per heavy atom. The molecule has 1 aliphatic rings. The zero-order valence-corrected chi connectivity index (χ0v) is 11.5. The van der Waals surface area contributed by atoms with Crippen LogP contribution in [0.5, 0.6) is 5.75 Å². The predicted molar refractivity (Wildman–Crippen MR) is 74.2 cm³/mol. The van der Waals surface area contributed by atoms with Crippen molar-refractivity contribution in [2.24, 2.45) is 5.41 Å². The maximum atomic E-state index is 9.91. The van der Waals surface area contributed by atoms with E-state index in [1.54, 1.807) is 0 Å². The van der Waals surface area contributed by atoms with Gasteiger partial charge in [-0.25, -0.2) is 0 Å². The molecule has 104 valence electrons. The smallest absolute Gasteiger partial charge is 0.459 e. The molecule has 5 heteroatoms. The van der Waals surface area contributed by atoms with Gasteiger partial charge in [0.2, 0.25) is 0 Å². The molecule has 19 heavy (non-hydrogen) atoms. The molecule has 1 N–H and O–H groups in total. The molecule has 0 aliphatic carbocycles. The van der Waals surface area contributed by atoms with Crippen LogP contribution in [0.15, 0.2) is 30.3 Å². The van der Waals surface area contributed by atoms with Gasteiger partial charge in [-0.15, -0.1) is 0 Å². The van der Waals surface area contributed by atoms with Gasteiger partial charge in [-0.2, -0.15) is 0 Å². The van der Waals surface area contributed by atoms with Crippen LogP contribution in [0, 0.1) is 5.41 Å². The zero-order valence-electron chi connectivity index (χ0n) is 11.5. The summed E-state index contributed by atoms with van der Waals surface area (Å²) in [6.07, 6.45) is -0.158. The molecule has 1 aliphatic heterocycles. The van der Waals surface area contributed by atoms with E-state index in [2.05, 4.69) is 13.8 Å². The number of benzene rings is 1. The third kappa shape index (κ3) is 4.86. The Kier molecular flexibility index (Phi) is 4.85. The van der Waals surface area contributed by atoms with E-state index < -0.39 is 6.10 Å². The number of aliphatic hydroxyl groups is 1. The van der Waals surface area contributed by atoms with Crippen molar-refractivity contribution < 1.29 is 19.2 Å². The fraction of sp³-hybridized carbons (Fsp3) is 0.571. The Bertz CT molecular complexity index is 372. The zero-order chi connectivity index (χ0) is 13.7. The van der Waals surface area contributed by atoms with E-state index in [9.17, 15) is 5.11 Å². The summed E-state index contributed by atoms with van der Waals surface area (Å²) >= 11 is 0. The van der Waals surface area contributed by atoms with Crippen LogP contribution in [-0.4, -0.2) is 38.1 Å². The summed E-state index contributed by atoms with van der Waals surface area (Å²) in [6.45, 7) is 5.75. The van der Waals surface area contributed by atoms with Crippen molar-refractivity contribution in [3.63, 3.8) is 0 Å². The molecule has 1 unspecified atom stereocenters. The first kappa shape index (κ1) is 14.4. The molecule has 0 radical (unpaired) electrons. The van der Waals surface area contributed by atoms with E-state index in [0.717, 1.165) is 5.75 Å². The Labute approximate surface area is 114 Å². The molecule has 1 heterocycles. The minimum atomic E-state index is -0.591. The summed E-state index contributed by atoms with van der Waals surface area (Å²) in [5.74, 6) is 0.758. The minimum absolute atomic E-state index is 0.0575. The van der Waals surface area contributed by atoms with Crippen molar-refractivity contribution in [3.05, 3.63) is 30.3 Å². The molecular formula is C14H21BO4. The third-order valence-corrected chi connectivity index (χ3v) is 2.97. The summed E-state index contributed by atoms with van der Waals surface area (Å²) in [5.41, 5.74) is 0.0575. The molecule has 1 atom stereocenters. The van der Waals surface area contributed by atoms with Crippen LogP contribution < -0.4 is 4.74 Å². The molecule has 1 fully saturated rings. The summed E-state index contributed by atoms with van der Waals surface area (Å²) < 4.78 is 16.6. The van der Waals surface area contributed by atoms with Gasteiger partial charge >= 0.3 is 7.12 Å². The number of aliphatic hydroxyl groups excluding tert-OH is 1. The molecule has 2 rings (SSSR count). The average Bonchev–Trinajstić information content (AvgIpc) is 2.40. The summed E-state index contributed by atoms with van der Waals surface area (Å²) in [7, 11) is -0.331. The molecule has 0 bridgehead atoms. The number of para-hydroxylation sites is 1. The SMILES string of the molecule is CC1(C)COB(CC(O)COc2ccccc2)OC1. The Morgan fingerprint density at radius 1 is 1.26 bits per heavy atom. The summed E-state index contributed by atoms with van der Waals surface area (Å²) in [6, 6.07) is 9.45. The first-order valence-corrected chi connectivity index (χ1v) is 6.64. The second kappa shape index (κ2) is 6.41. The van der Waals surface area contributed by atoms with Crippen molar-refractivity contribution in [1.82, 2.24) is 0 Å². The van der Waals surface area contributed by atoms with E-state index in [-0.39, 0.29) is 19.1 Å². The number of ether oxygens (including phenoxy) is 1. The van der Waals surface area contributed by atoms with Crippen molar-refractivity contribution in [1.29, 1.82) is 0 Å². The first-order chi connectivity index (χ1) is 9.05. The lowest BCUT2D eigenvalue weighted by molar-refractivity contribution is 0.0201. The Balaban J connectivity index is 1.69. The fourth-order valence-electron chi connectivity index (χ4n) is 1.86. The van der Waals surface area contributed by atoms with Crippen LogP contribution in [0.2, 0.25) is 6.32 Å². The normalized spacial score (nSPS) is 20.1. The average molecular weight is 264 g/mol. The highest BCUT2D eigenvalue weighted by molar-refractivity contribution is 6.44. The van der Waals surface area contributed by atoms with Crippen LogP contribution in [-0.2, 0) is 9.31 Å². The van der Waals surface area contributed by atoms with Crippen LogP contribution in [0.1, 0.15) is 13.8 Å². The number of hydrogen-bond acceptors (Lipinski definition) is 4. The molecule has 0 spiro atoms. The van der Waals surface area contributed by atoms with Crippen molar-refractivity contribution in [2.45, 2.75) is 26.3 Å². The van der Waals surface area contributed by atoms with Gasteiger partial charge in [-0.3, -0.25) is 0 Å². The summed E-state index contributed by atoms with van der Waals surface area (Å²) in [5, 5.41) is 9.91. The fourth-order valence-corrected chi connectivity index (χ4v) is 1.86. The topological polar surface area (TPSA) is 47.9 Å². The van der Waals surface area contributed by atoms with E-state index in [1.807, 2.05) is 30.3 Å². The molecular weight excluding hydrogens is 243 g/mol. The van der Waals surface area contributed by atoms with Crippen LogP contribution in [0.3, 0.4) is 0 Å². The molecule has 1 saturated heterocycles. The Morgan fingerprint density at radius 2 is 1.89 bits per heavy atom. The lowest BCUT2D eigenvalue weighted by atomic mass is 9.78. The van der Waals surface area contributed by atoms with Gasteiger partial charge in [-0.1, -0.05) is 32.0 Å². The van der Waals surface area contributed by atoms with Crippen molar-refractivity contribution >= 4 is 7.12 Å². The molecule has 0 saturated carbocycles. The second-order valence-electron chi connectivity index (χ2n) is 5.73. The van der Waals surface area contributed by atoms with Gasteiger partial charge < -0.3 is 19.2 Å². The van der Waals surface area contributed by atoms with Crippen molar-refractivity contribution in [2.75, 3.05) is 19.8 Å². The largest absolute Gasteiger partial charge is 0.491 e. The summed E-state index contributed by atoms with van der Waals surface area (Å²) in [4.78, 5) is 0.